The maximum atomic E-state index is 11.6. The lowest BCUT2D eigenvalue weighted by atomic mass is 9.98. The molecule has 0 radical (unpaired) electrons. The first-order chi connectivity index (χ1) is 8.24. The number of carbonyl (C=O) groups is 1. The third-order valence-corrected chi connectivity index (χ3v) is 4.29. The molecule has 0 saturated carbocycles. The van der Waals surface area contributed by atoms with Crippen molar-refractivity contribution in [1.29, 1.82) is 0 Å². The first-order valence-electron chi connectivity index (χ1n) is 6.16. The van der Waals surface area contributed by atoms with E-state index in [0.717, 1.165) is 38.0 Å². The predicted molar refractivity (Wildman–Crippen MR) is 69.1 cm³/mol. The number of thiazole rings is 1. The lowest BCUT2D eigenvalue weighted by Gasteiger charge is -2.31. The first kappa shape index (κ1) is 12.5. The number of amides is 1. The number of likely N-dealkylation sites (tertiary alicyclic amines) is 1. The van der Waals surface area contributed by atoms with Gasteiger partial charge in [-0.25, -0.2) is 4.98 Å². The monoisotopic (exact) mass is 253 g/mol. The van der Waals surface area contributed by atoms with E-state index >= 15 is 0 Å². The van der Waals surface area contributed by atoms with Gasteiger partial charge in [0.1, 0.15) is 0 Å². The highest BCUT2D eigenvalue weighted by molar-refractivity contribution is 7.09. The van der Waals surface area contributed by atoms with E-state index in [2.05, 4.69) is 17.3 Å². The van der Waals surface area contributed by atoms with Crippen molar-refractivity contribution in [3.05, 3.63) is 16.1 Å². The molecule has 1 unspecified atom stereocenters. The zero-order chi connectivity index (χ0) is 12.3. The van der Waals surface area contributed by atoms with Gasteiger partial charge in [-0.1, -0.05) is 6.92 Å². The van der Waals surface area contributed by atoms with E-state index in [-0.39, 0.29) is 12.5 Å². The molecule has 4 nitrogen and oxygen atoms in total. The van der Waals surface area contributed by atoms with Crippen molar-refractivity contribution in [2.75, 3.05) is 19.6 Å². The average Bonchev–Trinajstić information content (AvgIpc) is 2.86. The first-order valence-corrected chi connectivity index (χ1v) is 7.04. The van der Waals surface area contributed by atoms with E-state index in [9.17, 15) is 4.79 Å². The minimum absolute atomic E-state index is 0.0574. The summed E-state index contributed by atoms with van der Waals surface area (Å²) in [4.78, 5) is 18.1. The Bertz CT molecular complexity index is 391. The van der Waals surface area contributed by atoms with Crippen molar-refractivity contribution >= 4 is 17.2 Å². The van der Waals surface area contributed by atoms with Crippen molar-refractivity contribution in [2.24, 2.45) is 5.73 Å². The second-order valence-corrected chi connectivity index (χ2v) is 5.30. The van der Waals surface area contributed by atoms with Gasteiger partial charge < -0.3 is 10.6 Å². The molecule has 1 atom stereocenters. The molecule has 17 heavy (non-hydrogen) atoms. The molecule has 1 aromatic heterocycles. The zero-order valence-electron chi connectivity index (χ0n) is 10.2. The number of aromatic nitrogens is 1. The van der Waals surface area contributed by atoms with Crippen molar-refractivity contribution in [3.8, 4) is 0 Å². The van der Waals surface area contributed by atoms with Crippen LogP contribution in [0.1, 0.15) is 36.4 Å². The third-order valence-electron chi connectivity index (χ3n) is 3.23. The maximum Gasteiger partial charge on any atom is 0.236 e. The summed E-state index contributed by atoms with van der Waals surface area (Å²) in [5, 5.41) is 3.30. The van der Waals surface area contributed by atoms with Crippen LogP contribution in [0.3, 0.4) is 0 Å². The van der Waals surface area contributed by atoms with E-state index in [1.54, 1.807) is 11.3 Å². The maximum absolute atomic E-state index is 11.6. The largest absolute Gasteiger partial charge is 0.341 e. The minimum atomic E-state index is 0.0574. The average molecular weight is 253 g/mol. The summed E-state index contributed by atoms with van der Waals surface area (Å²) >= 11 is 1.72. The summed E-state index contributed by atoms with van der Waals surface area (Å²) < 4.78 is 0. The van der Waals surface area contributed by atoms with Crippen molar-refractivity contribution in [3.63, 3.8) is 0 Å². The highest BCUT2D eigenvalue weighted by Crippen LogP contribution is 2.29. The molecule has 2 rings (SSSR count). The van der Waals surface area contributed by atoms with E-state index in [1.165, 1.54) is 5.01 Å². The summed E-state index contributed by atoms with van der Waals surface area (Å²) in [6.07, 6.45) is 3.16. The van der Waals surface area contributed by atoms with Crippen molar-refractivity contribution in [1.82, 2.24) is 9.88 Å². The molecule has 94 valence electrons. The van der Waals surface area contributed by atoms with Gasteiger partial charge in [-0.15, -0.1) is 11.3 Å². The molecule has 1 fully saturated rings. The summed E-state index contributed by atoms with van der Waals surface area (Å²) in [5.74, 6) is 0.464. The Morgan fingerprint density at radius 1 is 1.71 bits per heavy atom. The van der Waals surface area contributed by atoms with Gasteiger partial charge in [0.15, 0.2) is 0 Å². The quantitative estimate of drug-likeness (QED) is 0.885. The summed E-state index contributed by atoms with van der Waals surface area (Å²) in [6.45, 7) is 3.86. The summed E-state index contributed by atoms with van der Waals surface area (Å²) in [6, 6.07) is 0. The van der Waals surface area contributed by atoms with E-state index < -0.39 is 0 Å². The van der Waals surface area contributed by atoms with Gasteiger partial charge in [-0.3, -0.25) is 4.79 Å². The highest BCUT2D eigenvalue weighted by Gasteiger charge is 2.25. The molecular weight excluding hydrogens is 234 g/mol. The van der Waals surface area contributed by atoms with Gasteiger partial charge in [-0.2, -0.15) is 0 Å². The molecule has 1 aliphatic rings. The van der Waals surface area contributed by atoms with Gasteiger partial charge in [-0.05, 0) is 19.3 Å². The van der Waals surface area contributed by atoms with Crippen LogP contribution in [-0.2, 0) is 11.2 Å². The van der Waals surface area contributed by atoms with Crippen LogP contribution in [0, 0.1) is 0 Å². The summed E-state index contributed by atoms with van der Waals surface area (Å²) in [7, 11) is 0. The number of aryl methyl sites for hydroxylation is 1. The van der Waals surface area contributed by atoms with E-state index in [1.807, 2.05) is 4.90 Å². The standard InChI is InChI=1S/C12H19N3OS/c1-2-10-8-17-12(14-10)9-4-3-5-15(7-9)11(16)6-13/h8-9H,2-7,13H2,1H3. The molecule has 0 bridgehead atoms. The Morgan fingerprint density at radius 2 is 2.53 bits per heavy atom. The molecule has 0 aliphatic carbocycles. The Balaban J connectivity index is 2.04. The zero-order valence-corrected chi connectivity index (χ0v) is 11.0. The molecule has 1 amide bonds. The number of hydrogen-bond acceptors (Lipinski definition) is 4. The van der Waals surface area contributed by atoms with Crippen LogP contribution >= 0.6 is 11.3 Å². The number of nitrogens with two attached hydrogens (primary N) is 1. The molecule has 2 N–H and O–H groups in total. The smallest absolute Gasteiger partial charge is 0.236 e. The van der Waals surface area contributed by atoms with Crippen LogP contribution in [0.2, 0.25) is 0 Å². The fraction of sp³-hybridized carbons (Fsp3) is 0.667. The number of nitrogens with zero attached hydrogens (tertiary/aromatic N) is 2. The minimum Gasteiger partial charge on any atom is -0.341 e. The molecule has 1 saturated heterocycles. The number of rotatable bonds is 3. The molecular formula is C12H19N3OS. The van der Waals surface area contributed by atoms with E-state index in [4.69, 9.17) is 5.73 Å². The predicted octanol–water partition coefficient (Wildman–Crippen LogP) is 1.37. The number of piperidine rings is 1. The molecule has 1 aromatic rings. The van der Waals surface area contributed by atoms with Gasteiger partial charge in [0, 0.05) is 24.4 Å². The van der Waals surface area contributed by atoms with Gasteiger partial charge in [0.2, 0.25) is 5.91 Å². The van der Waals surface area contributed by atoms with E-state index in [0.29, 0.717) is 5.92 Å². The third kappa shape index (κ3) is 2.84. The van der Waals surface area contributed by atoms with Gasteiger partial charge in [0.25, 0.3) is 0 Å². The van der Waals surface area contributed by atoms with Gasteiger partial charge >= 0.3 is 0 Å². The number of hydrogen-bond donors (Lipinski definition) is 1. The molecule has 5 heteroatoms. The van der Waals surface area contributed by atoms with Crippen LogP contribution in [0.4, 0.5) is 0 Å². The lowest BCUT2D eigenvalue weighted by molar-refractivity contribution is -0.130. The Kier molecular flexibility index (Phi) is 4.12. The number of carbonyl (C=O) groups excluding carboxylic acids is 1. The molecule has 0 spiro atoms. The normalized spacial score (nSPS) is 20.6. The molecule has 2 heterocycles. The Hall–Kier alpha value is -0.940. The van der Waals surface area contributed by atoms with Crippen LogP contribution < -0.4 is 5.73 Å². The highest BCUT2D eigenvalue weighted by atomic mass is 32.1. The van der Waals surface area contributed by atoms with Crippen molar-refractivity contribution in [2.45, 2.75) is 32.1 Å². The topological polar surface area (TPSA) is 59.2 Å². The van der Waals surface area contributed by atoms with Gasteiger partial charge in [0.05, 0.1) is 17.2 Å². The van der Waals surface area contributed by atoms with Crippen LogP contribution in [0.25, 0.3) is 0 Å². The second kappa shape index (κ2) is 5.60. The SMILES string of the molecule is CCc1csc(C2CCCN(C(=O)CN)C2)n1. The fourth-order valence-corrected chi connectivity index (χ4v) is 3.24. The fourth-order valence-electron chi connectivity index (χ4n) is 2.21. The van der Waals surface area contributed by atoms with Crippen LogP contribution in [-0.4, -0.2) is 35.4 Å². The van der Waals surface area contributed by atoms with Crippen LogP contribution in [0.5, 0.6) is 0 Å². The Morgan fingerprint density at radius 3 is 3.18 bits per heavy atom. The summed E-state index contributed by atoms with van der Waals surface area (Å²) in [5.41, 5.74) is 6.57. The second-order valence-electron chi connectivity index (χ2n) is 4.41. The molecule has 0 aromatic carbocycles. The lowest BCUT2D eigenvalue weighted by Crippen LogP contribution is -2.42. The molecule has 1 aliphatic heterocycles. The van der Waals surface area contributed by atoms with Crippen LogP contribution in [0.15, 0.2) is 5.38 Å². The Labute approximate surface area is 106 Å². The van der Waals surface area contributed by atoms with Crippen molar-refractivity contribution < 1.29 is 4.79 Å².